The van der Waals surface area contributed by atoms with E-state index in [1.54, 1.807) is 11.8 Å². The van der Waals surface area contributed by atoms with Crippen molar-refractivity contribution in [1.82, 2.24) is 25.0 Å². The molecule has 0 spiro atoms. The smallest absolute Gasteiger partial charge is 0.234 e. The highest BCUT2D eigenvalue weighted by Gasteiger charge is 2.15. The van der Waals surface area contributed by atoms with Crippen LogP contribution in [0.25, 0.3) is 16.9 Å². The van der Waals surface area contributed by atoms with E-state index in [1.165, 1.54) is 18.1 Å². The summed E-state index contributed by atoms with van der Waals surface area (Å²) in [5, 5.41) is 12.0. The predicted molar refractivity (Wildman–Crippen MR) is 116 cm³/mol. The lowest BCUT2D eigenvalue weighted by Crippen LogP contribution is -2.15. The van der Waals surface area contributed by atoms with Crippen molar-refractivity contribution >= 4 is 34.5 Å². The van der Waals surface area contributed by atoms with Gasteiger partial charge >= 0.3 is 0 Å². The van der Waals surface area contributed by atoms with Gasteiger partial charge in [0.25, 0.3) is 0 Å². The van der Waals surface area contributed by atoms with Crippen LogP contribution in [0.2, 0.25) is 0 Å². The fraction of sp³-hybridized carbons (Fsp3) is 0.190. The number of rotatable bonds is 6. The molecule has 0 fully saturated rings. The fourth-order valence-electron chi connectivity index (χ4n) is 3.02. The van der Waals surface area contributed by atoms with Gasteiger partial charge in [-0.15, -0.1) is 5.10 Å². The van der Waals surface area contributed by atoms with Crippen molar-refractivity contribution in [3.05, 3.63) is 59.9 Å². The number of hydrogen-bond donors (Lipinski definition) is 1. The van der Waals surface area contributed by atoms with Crippen LogP contribution < -0.4 is 10.1 Å². The zero-order valence-electron chi connectivity index (χ0n) is 16.8. The lowest BCUT2D eigenvalue weighted by Gasteiger charge is -2.09. The van der Waals surface area contributed by atoms with Crippen molar-refractivity contribution in [2.45, 2.75) is 18.9 Å². The molecule has 30 heavy (non-hydrogen) atoms. The van der Waals surface area contributed by atoms with Gasteiger partial charge in [-0.05, 0) is 37.6 Å². The highest BCUT2D eigenvalue weighted by atomic mass is 32.2. The molecule has 0 atom stereocenters. The number of thioether (sulfide) groups is 1. The van der Waals surface area contributed by atoms with Gasteiger partial charge in [-0.1, -0.05) is 40.7 Å². The SMILES string of the molecule is COc1cccc(-n2nnc3c(SCC(=O)Nc4ccc(C)cc4C)ncnc32)c1. The highest BCUT2D eigenvalue weighted by molar-refractivity contribution is 8.00. The number of fused-ring (bicyclic) bond motifs is 1. The Morgan fingerprint density at radius 2 is 2.03 bits per heavy atom. The van der Waals surface area contributed by atoms with Crippen molar-refractivity contribution in [3.8, 4) is 11.4 Å². The van der Waals surface area contributed by atoms with Gasteiger partial charge in [0.2, 0.25) is 5.91 Å². The largest absolute Gasteiger partial charge is 0.497 e. The summed E-state index contributed by atoms with van der Waals surface area (Å²) in [5.74, 6) is 0.799. The molecule has 9 heteroatoms. The first-order valence-corrected chi connectivity index (χ1v) is 10.2. The molecule has 0 aliphatic heterocycles. The summed E-state index contributed by atoms with van der Waals surface area (Å²) < 4.78 is 6.90. The highest BCUT2D eigenvalue weighted by Crippen LogP contribution is 2.25. The summed E-state index contributed by atoms with van der Waals surface area (Å²) >= 11 is 1.30. The molecular weight excluding hydrogens is 400 g/mol. The van der Waals surface area contributed by atoms with Gasteiger partial charge in [-0.2, -0.15) is 4.68 Å². The molecule has 2 aromatic heterocycles. The Labute approximate surface area is 177 Å². The number of benzene rings is 2. The van der Waals surface area contributed by atoms with Crippen LogP contribution >= 0.6 is 11.8 Å². The molecular formula is C21H20N6O2S. The lowest BCUT2D eigenvalue weighted by molar-refractivity contribution is -0.113. The van der Waals surface area contributed by atoms with E-state index in [9.17, 15) is 4.79 Å². The maximum absolute atomic E-state index is 12.4. The van der Waals surface area contributed by atoms with Gasteiger partial charge in [-0.3, -0.25) is 4.79 Å². The van der Waals surface area contributed by atoms with Crippen LogP contribution in [-0.4, -0.2) is 43.7 Å². The Morgan fingerprint density at radius 3 is 2.83 bits per heavy atom. The van der Waals surface area contributed by atoms with Crippen LogP contribution in [0.5, 0.6) is 5.75 Å². The molecule has 0 aliphatic carbocycles. The molecule has 1 N–H and O–H groups in total. The summed E-state index contributed by atoms with van der Waals surface area (Å²) in [7, 11) is 1.61. The fourth-order valence-corrected chi connectivity index (χ4v) is 3.75. The molecule has 4 rings (SSSR count). The predicted octanol–water partition coefficient (Wildman–Crippen LogP) is 3.57. The van der Waals surface area contributed by atoms with Crippen molar-refractivity contribution in [2.75, 3.05) is 18.2 Å². The van der Waals surface area contributed by atoms with Crippen molar-refractivity contribution < 1.29 is 9.53 Å². The third kappa shape index (κ3) is 4.11. The van der Waals surface area contributed by atoms with Gasteiger partial charge < -0.3 is 10.1 Å². The van der Waals surface area contributed by atoms with Gasteiger partial charge in [0.1, 0.15) is 17.1 Å². The molecule has 2 aromatic carbocycles. The van der Waals surface area contributed by atoms with Gasteiger partial charge in [0.15, 0.2) is 11.2 Å². The van der Waals surface area contributed by atoms with Crippen LogP contribution in [-0.2, 0) is 4.79 Å². The Morgan fingerprint density at radius 1 is 1.17 bits per heavy atom. The molecule has 0 unspecified atom stereocenters. The molecule has 0 aliphatic rings. The number of anilines is 1. The second kappa shape index (κ2) is 8.50. The Balaban J connectivity index is 1.52. The first-order valence-electron chi connectivity index (χ1n) is 9.26. The number of ether oxygens (including phenoxy) is 1. The van der Waals surface area contributed by atoms with Gasteiger partial charge in [-0.25, -0.2) is 9.97 Å². The number of nitrogens with zero attached hydrogens (tertiary/aromatic N) is 5. The van der Waals surface area contributed by atoms with Crippen molar-refractivity contribution in [1.29, 1.82) is 0 Å². The number of carbonyl (C=O) groups is 1. The van der Waals surface area contributed by atoms with Gasteiger partial charge in [0, 0.05) is 11.8 Å². The number of methoxy groups -OCH3 is 1. The minimum absolute atomic E-state index is 0.112. The minimum Gasteiger partial charge on any atom is -0.497 e. The number of aryl methyl sites for hydroxylation is 2. The van der Waals surface area contributed by atoms with Crippen molar-refractivity contribution in [3.63, 3.8) is 0 Å². The Bertz CT molecular complexity index is 1220. The van der Waals surface area contributed by atoms with E-state index in [4.69, 9.17) is 4.74 Å². The van der Waals surface area contributed by atoms with E-state index in [0.29, 0.717) is 21.9 Å². The van der Waals surface area contributed by atoms with E-state index in [-0.39, 0.29) is 11.7 Å². The quantitative estimate of drug-likeness (QED) is 0.376. The maximum Gasteiger partial charge on any atom is 0.234 e. The van der Waals surface area contributed by atoms with E-state index in [0.717, 1.165) is 22.5 Å². The first-order chi connectivity index (χ1) is 14.5. The van der Waals surface area contributed by atoms with Crippen LogP contribution in [0.15, 0.2) is 53.8 Å². The number of aromatic nitrogens is 5. The first kappa shape index (κ1) is 19.8. The van der Waals surface area contributed by atoms with Crippen LogP contribution in [0, 0.1) is 13.8 Å². The average Bonchev–Trinajstić information content (AvgIpc) is 3.19. The molecule has 2 heterocycles. The van der Waals surface area contributed by atoms with Crippen molar-refractivity contribution in [2.24, 2.45) is 0 Å². The van der Waals surface area contributed by atoms with Crippen LogP contribution in [0.1, 0.15) is 11.1 Å². The molecule has 0 saturated carbocycles. The lowest BCUT2D eigenvalue weighted by atomic mass is 10.1. The molecule has 0 bridgehead atoms. The maximum atomic E-state index is 12.4. The Kier molecular flexibility index (Phi) is 5.62. The topological polar surface area (TPSA) is 94.8 Å². The summed E-state index contributed by atoms with van der Waals surface area (Å²) in [6.07, 6.45) is 1.45. The summed E-state index contributed by atoms with van der Waals surface area (Å²) in [5.41, 5.74) is 4.88. The average molecular weight is 420 g/mol. The van der Waals surface area contributed by atoms with Crippen LogP contribution in [0.3, 0.4) is 0 Å². The number of carbonyl (C=O) groups excluding carboxylic acids is 1. The summed E-state index contributed by atoms with van der Waals surface area (Å²) in [4.78, 5) is 21.0. The standard InChI is InChI=1S/C21H20N6O2S/c1-13-7-8-17(14(2)9-13)24-18(28)11-30-21-19-20(22-12-23-21)27(26-25-19)15-5-4-6-16(10-15)29-3/h4-10,12H,11H2,1-3H3,(H,24,28). The normalized spacial score (nSPS) is 10.9. The third-order valence-corrected chi connectivity index (χ3v) is 5.48. The minimum atomic E-state index is -0.112. The summed E-state index contributed by atoms with van der Waals surface area (Å²) in [6, 6.07) is 13.4. The monoisotopic (exact) mass is 420 g/mol. The molecule has 0 radical (unpaired) electrons. The zero-order chi connectivity index (χ0) is 21.1. The van der Waals surface area contributed by atoms with E-state index in [2.05, 4.69) is 25.6 Å². The zero-order valence-corrected chi connectivity index (χ0v) is 17.6. The number of hydrogen-bond acceptors (Lipinski definition) is 7. The molecule has 4 aromatic rings. The van der Waals surface area contributed by atoms with Crippen LogP contribution in [0.4, 0.5) is 5.69 Å². The Hall–Kier alpha value is -3.46. The number of amides is 1. The second-order valence-corrected chi connectivity index (χ2v) is 7.67. The van der Waals surface area contributed by atoms with E-state index < -0.39 is 0 Å². The third-order valence-electron chi connectivity index (χ3n) is 4.50. The molecule has 0 saturated heterocycles. The second-order valence-electron chi connectivity index (χ2n) is 6.71. The number of nitrogens with one attached hydrogen (secondary N) is 1. The molecule has 152 valence electrons. The van der Waals surface area contributed by atoms with Gasteiger partial charge in [0.05, 0.1) is 18.6 Å². The van der Waals surface area contributed by atoms with E-state index in [1.807, 2.05) is 56.3 Å². The molecule has 8 nitrogen and oxygen atoms in total. The molecule has 1 amide bonds. The van der Waals surface area contributed by atoms with E-state index >= 15 is 0 Å². The summed E-state index contributed by atoms with van der Waals surface area (Å²) in [6.45, 7) is 3.99.